The van der Waals surface area contributed by atoms with Gasteiger partial charge in [-0.25, -0.2) is 9.89 Å². The molecule has 1 spiro atoms. The van der Waals surface area contributed by atoms with Gasteiger partial charge in [-0.3, -0.25) is 41.1 Å². The molecular weight excluding hydrogens is 504 g/mol. The number of likely N-dealkylation sites (tertiary alicyclic amines) is 1. The van der Waals surface area contributed by atoms with Crippen LogP contribution in [0.1, 0.15) is 62.0 Å². The lowest BCUT2D eigenvalue weighted by molar-refractivity contribution is -0.674. The highest BCUT2D eigenvalue weighted by molar-refractivity contribution is 6.02. The number of nitrogens with zero attached hydrogens (tertiary/aromatic N) is 2. The van der Waals surface area contributed by atoms with E-state index in [2.05, 4.69) is 34.8 Å². The zero-order valence-electron chi connectivity index (χ0n) is 21.4. The van der Waals surface area contributed by atoms with E-state index in [1.54, 1.807) is 6.07 Å². The molecule has 1 aromatic carbocycles. The fourth-order valence-corrected chi connectivity index (χ4v) is 6.93. The molecule has 13 nitrogen and oxygen atoms in total. The Bertz CT molecular complexity index is 1320. The van der Waals surface area contributed by atoms with Crippen LogP contribution in [0.5, 0.6) is 0 Å². The zero-order chi connectivity index (χ0) is 27.2. The second kappa shape index (κ2) is 8.65. The number of amides is 3. The number of rotatable bonds is 4. The van der Waals surface area contributed by atoms with E-state index in [9.17, 15) is 24.6 Å². The molecule has 0 unspecified atom stereocenters. The predicted molar refractivity (Wildman–Crippen MR) is 140 cm³/mol. The monoisotopic (exact) mass is 542 g/mol. The molecule has 1 aliphatic carbocycles. The van der Waals surface area contributed by atoms with Gasteiger partial charge in [0.05, 0.1) is 13.1 Å². The number of carbonyl (C=O) groups excluding carboxylic acids is 3. The lowest BCUT2D eigenvalue weighted by Gasteiger charge is -2.41. The van der Waals surface area contributed by atoms with Gasteiger partial charge in [0.15, 0.2) is 6.04 Å². The van der Waals surface area contributed by atoms with Crippen molar-refractivity contribution in [2.75, 3.05) is 13.1 Å². The first kappa shape index (κ1) is 26.9. The number of hydrogen-bond acceptors (Lipinski definition) is 9. The molecule has 10 N–H and O–H groups in total. The smallest absolute Gasteiger partial charge is 0.347 e. The molecular formula is C26H38N8O5+2. The maximum absolute atomic E-state index is 13.5. The fourth-order valence-electron chi connectivity index (χ4n) is 6.93. The van der Waals surface area contributed by atoms with Gasteiger partial charge < -0.3 is 15.5 Å². The Hall–Kier alpha value is -3.71. The van der Waals surface area contributed by atoms with Gasteiger partial charge in [-0.2, -0.15) is 0 Å². The minimum Gasteiger partial charge on any atom is -0.358 e. The SMILES string of the molecule is C.CC1(C)CCc2c(C(=O)N[C@H]3C[N+]4=C(N)N[C@@H](CN5C(=O)CCC5=O)[C@@H]5[NH+]=C(N)N[C@@]54C3(O)O)cccc21. The summed E-state index contributed by atoms with van der Waals surface area (Å²) >= 11 is 0. The van der Waals surface area contributed by atoms with Crippen LogP contribution in [0.4, 0.5) is 0 Å². The molecule has 4 heterocycles. The van der Waals surface area contributed by atoms with Gasteiger partial charge in [-0.05, 0) is 35.4 Å². The number of fused-ring (bicyclic) bond motifs is 1. The molecule has 4 atom stereocenters. The summed E-state index contributed by atoms with van der Waals surface area (Å²) in [5.74, 6) is -3.40. The molecule has 0 bridgehead atoms. The largest absolute Gasteiger partial charge is 0.358 e. The van der Waals surface area contributed by atoms with Gasteiger partial charge in [0.25, 0.3) is 17.4 Å². The molecule has 0 aromatic heterocycles. The van der Waals surface area contributed by atoms with Gasteiger partial charge in [-0.1, -0.05) is 33.4 Å². The third-order valence-corrected chi connectivity index (χ3v) is 8.94. The van der Waals surface area contributed by atoms with Crippen molar-refractivity contribution in [2.45, 2.75) is 81.9 Å². The number of aliphatic hydroxyl groups is 2. The number of carbonyl (C=O) groups is 3. The van der Waals surface area contributed by atoms with E-state index in [0.29, 0.717) is 5.56 Å². The summed E-state index contributed by atoms with van der Waals surface area (Å²) in [6.45, 7) is 4.21. The molecule has 3 amide bonds. The molecule has 0 saturated carbocycles. The number of imide groups is 1. The molecule has 6 rings (SSSR count). The van der Waals surface area contributed by atoms with Crippen LogP contribution in [-0.2, 0) is 21.4 Å². The van der Waals surface area contributed by atoms with Gasteiger partial charge in [0, 0.05) is 18.4 Å². The van der Waals surface area contributed by atoms with Crippen molar-refractivity contribution in [3.8, 4) is 0 Å². The van der Waals surface area contributed by atoms with Crippen LogP contribution in [0.15, 0.2) is 18.2 Å². The Balaban J connectivity index is 0.00000308. The highest BCUT2D eigenvalue weighted by Gasteiger charge is 2.78. The van der Waals surface area contributed by atoms with E-state index in [1.807, 2.05) is 12.1 Å². The Morgan fingerprint density at radius 2 is 1.90 bits per heavy atom. The van der Waals surface area contributed by atoms with Crippen LogP contribution < -0.4 is 32.4 Å². The maximum atomic E-state index is 13.5. The van der Waals surface area contributed by atoms with Crippen LogP contribution in [0, 0.1) is 0 Å². The van der Waals surface area contributed by atoms with Gasteiger partial charge in [-0.15, -0.1) is 0 Å². The first-order chi connectivity index (χ1) is 17.9. The van der Waals surface area contributed by atoms with Crippen LogP contribution >= 0.6 is 0 Å². The standard InChI is InChI=1S/C25H32N8O5.CH4/c1-23(2)9-8-12-13(4-3-5-14(12)23)20(36)29-16-11-33-22(27)28-15(10-32-17(34)6-7-18(32)35)19-24(33,25(16,37)38)31-21(26)30-19;/h3-5,15-16,19,37-38H,6-11H2,1-2H3,(H6,26,27,28,29,30,31,36);1H4/p+2/t15-,16-,19-,24-;/m0./s1. The second-order valence-electron chi connectivity index (χ2n) is 11.5. The van der Waals surface area contributed by atoms with Gasteiger partial charge in [0.1, 0.15) is 12.1 Å². The Morgan fingerprint density at radius 1 is 1.21 bits per heavy atom. The Labute approximate surface area is 226 Å². The molecule has 210 valence electrons. The summed E-state index contributed by atoms with van der Waals surface area (Å²) in [7, 11) is 0. The van der Waals surface area contributed by atoms with Crippen molar-refractivity contribution in [1.29, 1.82) is 0 Å². The topological polar surface area (TPSA) is 200 Å². The lowest BCUT2D eigenvalue weighted by atomic mass is 9.84. The number of nitrogens with one attached hydrogen (secondary N) is 4. The summed E-state index contributed by atoms with van der Waals surface area (Å²) in [6, 6.07) is 2.95. The van der Waals surface area contributed by atoms with Crippen LogP contribution in [0.3, 0.4) is 0 Å². The average Bonchev–Trinajstić information content (AvgIpc) is 3.54. The highest BCUT2D eigenvalue weighted by Crippen LogP contribution is 2.41. The summed E-state index contributed by atoms with van der Waals surface area (Å²) in [5.41, 5.74) is 13.3. The molecule has 1 aromatic rings. The normalized spacial score (nSPS) is 31.5. The first-order valence-corrected chi connectivity index (χ1v) is 12.9. The Morgan fingerprint density at radius 3 is 2.59 bits per heavy atom. The number of hydrogen-bond donors (Lipinski definition) is 8. The van der Waals surface area contributed by atoms with Crippen LogP contribution in [-0.4, -0.2) is 92.0 Å². The quantitative estimate of drug-likeness (QED) is 0.106. The molecule has 39 heavy (non-hydrogen) atoms. The van der Waals surface area contributed by atoms with Gasteiger partial charge in [0.2, 0.25) is 11.8 Å². The summed E-state index contributed by atoms with van der Waals surface area (Å²) < 4.78 is 1.53. The second-order valence-corrected chi connectivity index (χ2v) is 11.5. The predicted octanol–water partition coefficient (Wildman–Crippen LogP) is -4.15. The van der Waals surface area contributed by atoms with Crippen molar-refractivity contribution < 1.29 is 34.2 Å². The molecule has 0 radical (unpaired) electrons. The number of benzene rings is 1. The first-order valence-electron chi connectivity index (χ1n) is 12.9. The number of guanidine groups is 2. The van der Waals surface area contributed by atoms with E-state index in [1.165, 1.54) is 4.58 Å². The fraction of sp³-hybridized carbons (Fsp3) is 0.577. The summed E-state index contributed by atoms with van der Waals surface area (Å²) in [6.07, 6.45) is 1.94. The maximum Gasteiger partial charge on any atom is 0.347 e. The van der Waals surface area contributed by atoms with E-state index >= 15 is 0 Å². The van der Waals surface area contributed by atoms with E-state index in [4.69, 9.17) is 11.5 Å². The third-order valence-electron chi connectivity index (χ3n) is 8.94. The highest BCUT2D eigenvalue weighted by atomic mass is 16.5. The van der Waals surface area contributed by atoms with Crippen LogP contribution in [0.2, 0.25) is 0 Å². The average molecular weight is 543 g/mol. The Kier molecular flexibility index (Phi) is 5.96. The van der Waals surface area contributed by atoms with E-state index in [-0.39, 0.29) is 62.5 Å². The summed E-state index contributed by atoms with van der Waals surface area (Å²) in [4.78, 5) is 42.3. The third kappa shape index (κ3) is 3.63. The molecule has 4 aliphatic heterocycles. The zero-order valence-corrected chi connectivity index (χ0v) is 21.4. The van der Waals surface area contributed by atoms with Crippen molar-refractivity contribution >= 4 is 29.6 Å². The molecule has 2 saturated heterocycles. The minimum atomic E-state index is -2.55. The minimum absolute atomic E-state index is 0. The van der Waals surface area contributed by atoms with E-state index in [0.717, 1.165) is 28.9 Å². The van der Waals surface area contributed by atoms with Crippen molar-refractivity contribution in [1.82, 2.24) is 20.9 Å². The molecule has 2 fully saturated rings. The van der Waals surface area contributed by atoms with Gasteiger partial charge >= 0.3 is 11.9 Å². The molecule has 13 heteroatoms. The van der Waals surface area contributed by atoms with Crippen LogP contribution in [0.25, 0.3) is 0 Å². The number of nitrogens with two attached hydrogens (primary N) is 2. The van der Waals surface area contributed by atoms with E-state index < -0.39 is 35.5 Å². The lowest BCUT2D eigenvalue weighted by Crippen LogP contribution is -2.92. The van der Waals surface area contributed by atoms with Crippen molar-refractivity contribution in [3.05, 3.63) is 34.9 Å². The molecule has 5 aliphatic rings. The summed E-state index contributed by atoms with van der Waals surface area (Å²) in [5, 5.41) is 32.2. The van der Waals surface area contributed by atoms with Crippen molar-refractivity contribution in [2.24, 2.45) is 11.5 Å². The van der Waals surface area contributed by atoms with Crippen molar-refractivity contribution in [3.63, 3.8) is 0 Å².